The molecule has 4 nitrogen and oxygen atoms in total. The van der Waals surface area contributed by atoms with Gasteiger partial charge in [-0.05, 0) is 25.2 Å². The molecule has 0 fully saturated rings. The van der Waals surface area contributed by atoms with Crippen LogP contribution in [0.1, 0.15) is 5.56 Å². The first-order chi connectivity index (χ1) is 8.67. The minimum absolute atomic E-state index is 0.482. The van der Waals surface area contributed by atoms with Gasteiger partial charge in [0, 0.05) is 32.4 Å². The van der Waals surface area contributed by atoms with E-state index < -0.39 is 0 Å². The summed E-state index contributed by atoms with van der Waals surface area (Å²) in [5.74, 6) is 0. The van der Waals surface area contributed by atoms with Gasteiger partial charge in [-0.25, -0.2) is 0 Å². The number of nitriles is 1. The van der Waals surface area contributed by atoms with Crippen LogP contribution in [0.15, 0.2) is 18.2 Å². The molecular formula is C13H18ClN3O. The van der Waals surface area contributed by atoms with E-state index in [1.165, 1.54) is 0 Å². The maximum atomic E-state index is 8.77. The Bertz CT molecular complexity index is 417. The Hall–Kier alpha value is -1.28. The molecule has 1 rings (SSSR count). The summed E-state index contributed by atoms with van der Waals surface area (Å²) in [7, 11) is 3.75. The molecule has 0 bridgehead atoms. The number of nitrogens with one attached hydrogen (secondary N) is 1. The molecule has 0 heterocycles. The molecule has 0 atom stereocenters. The van der Waals surface area contributed by atoms with Crippen LogP contribution in [-0.2, 0) is 4.74 Å². The van der Waals surface area contributed by atoms with E-state index >= 15 is 0 Å². The van der Waals surface area contributed by atoms with E-state index in [2.05, 4.69) is 10.2 Å². The van der Waals surface area contributed by atoms with Gasteiger partial charge in [-0.1, -0.05) is 11.6 Å². The zero-order chi connectivity index (χ0) is 13.4. The number of anilines is 1. The second kappa shape index (κ2) is 7.93. The van der Waals surface area contributed by atoms with Crippen molar-refractivity contribution >= 4 is 17.3 Å². The molecule has 0 aliphatic carbocycles. The van der Waals surface area contributed by atoms with Crippen LogP contribution in [0.2, 0.25) is 5.02 Å². The highest BCUT2D eigenvalue weighted by Gasteiger charge is 2.01. The molecule has 0 unspecified atom stereocenters. The molecule has 0 saturated heterocycles. The maximum Gasteiger partial charge on any atom is 0.101 e. The average Bonchev–Trinajstić information content (AvgIpc) is 2.36. The Morgan fingerprint density at radius 3 is 2.83 bits per heavy atom. The van der Waals surface area contributed by atoms with Gasteiger partial charge in [0.05, 0.1) is 17.2 Å². The molecule has 5 heteroatoms. The predicted molar refractivity (Wildman–Crippen MR) is 74.0 cm³/mol. The van der Waals surface area contributed by atoms with E-state index in [9.17, 15) is 0 Å². The first-order valence-corrected chi connectivity index (χ1v) is 6.16. The Labute approximate surface area is 113 Å². The van der Waals surface area contributed by atoms with Crippen LogP contribution in [0.4, 0.5) is 5.69 Å². The number of hydrogen-bond acceptors (Lipinski definition) is 4. The lowest BCUT2D eigenvalue weighted by molar-refractivity contribution is 0.163. The van der Waals surface area contributed by atoms with Crippen molar-refractivity contribution in [2.45, 2.75) is 0 Å². The summed E-state index contributed by atoms with van der Waals surface area (Å²) in [6.07, 6.45) is 0. The van der Waals surface area contributed by atoms with Crippen molar-refractivity contribution in [2.75, 3.05) is 45.7 Å². The van der Waals surface area contributed by atoms with E-state index in [4.69, 9.17) is 21.6 Å². The van der Waals surface area contributed by atoms with Crippen molar-refractivity contribution in [3.63, 3.8) is 0 Å². The predicted octanol–water partition coefficient (Wildman–Crippen LogP) is 2.20. The van der Waals surface area contributed by atoms with Gasteiger partial charge in [0.15, 0.2) is 0 Å². The van der Waals surface area contributed by atoms with E-state index in [-0.39, 0.29) is 0 Å². The lowest BCUT2D eigenvalue weighted by Crippen LogP contribution is -2.28. The van der Waals surface area contributed by atoms with Gasteiger partial charge in [-0.2, -0.15) is 5.26 Å². The normalized spacial score (nSPS) is 10.4. The first kappa shape index (κ1) is 14.8. The van der Waals surface area contributed by atoms with Gasteiger partial charge in [-0.3, -0.25) is 0 Å². The zero-order valence-electron chi connectivity index (χ0n) is 10.7. The van der Waals surface area contributed by atoms with Crippen molar-refractivity contribution in [1.82, 2.24) is 4.90 Å². The monoisotopic (exact) mass is 267 g/mol. The van der Waals surface area contributed by atoms with Crippen LogP contribution in [0.3, 0.4) is 0 Å². The number of ether oxygens (including phenoxy) is 1. The second-order valence-electron chi connectivity index (χ2n) is 4.03. The minimum atomic E-state index is 0.482. The molecule has 0 aliphatic heterocycles. The average molecular weight is 268 g/mol. The lowest BCUT2D eigenvalue weighted by atomic mass is 10.2. The van der Waals surface area contributed by atoms with Crippen LogP contribution in [0, 0.1) is 11.3 Å². The number of likely N-dealkylation sites (N-methyl/N-ethyl adjacent to an activating group) is 1. The Balaban J connectivity index is 2.36. The third-order valence-electron chi connectivity index (χ3n) is 2.59. The van der Waals surface area contributed by atoms with E-state index in [0.717, 1.165) is 31.9 Å². The van der Waals surface area contributed by atoms with Gasteiger partial charge >= 0.3 is 0 Å². The molecule has 98 valence electrons. The third-order valence-corrected chi connectivity index (χ3v) is 2.90. The van der Waals surface area contributed by atoms with E-state index in [1.807, 2.05) is 19.2 Å². The minimum Gasteiger partial charge on any atom is -0.384 e. The topological polar surface area (TPSA) is 48.3 Å². The largest absolute Gasteiger partial charge is 0.384 e. The molecule has 1 N–H and O–H groups in total. The second-order valence-corrected chi connectivity index (χ2v) is 4.44. The van der Waals surface area contributed by atoms with Crippen molar-refractivity contribution < 1.29 is 4.74 Å². The fourth-order valence-electron chi connectivity index (χ4n) is 1.47. The number of benzene rings is 1. The molecule has 0 aromatic heterocycles. The molecule has 0 radical (unpaired) electrons. The molecule has 1 aromatic rings. The van der Waals surface area contributed by atoms with Crippen LogP contribution in [0.5, 0.6) is 0 Å². The van der Waals surface area contributed by atoms with Crippen molar-refractivity contribution in [1.29, 1.82) is 5.26 Å². The van der Waals surface area contributed by atoms with Crippen molar-refractivity contribution in [3.05, 3.63) is 28.8 Å². The highest BCUT2D eigenvalue weighted by Crippen LogP contribution is 2.19. The molecule has 0 spiro atoms. The standard InChI is InChI=1S/C13H18ClN3O/c1-17(7-8-18-2)6-5-16-12-4-3-11(10-15)13(14)9-12/h3-4,9,16H,5-8H2,1-2H3. The fourth-order valence-corrected chi connectivity index (χ4v) is 1.69. The zero-order valence-corrected chi connectivity index (χ0v) is 11.5. The van der Waals surface area contributed by atoms with Crippen LogP contribution in [0.25, 0.3) is 0 Å². The highest BCUT2D eigenvalue weighted by molar-refractivity contribution is 6.32. The maximum absolute atomic E-state index is 8.77. The van der Waals surface area contributed by atoms with Crippen LogP contribution < -0.4 is 5.32 Å². The quantitative estimate of drug-likeness (QED) is 0.823. The van der Waals surface area contributed by atoms with Crippen LogP contribution in [-0.4, -0.2) is 45.3 Å². The Morgan fingerprint density at radius 1 is 1.44 bits per heavy atom. The van der Waals surface area contributed by atoms with Gasteiger partial charge < -0.3 is 15.0 Å². The highest BCUT2D eigenvalue weighted by atomic mass is 35.5. The molecule has 18 heavy (non-hydrogen) atoms. The number of methoxy groups -OCH3 is 1. The van der Waals surface area contributed by atoms with Gasteiger partial charge in [0.25, 0.3) is 0 Å². The molecule has 0 amide bonds. The van der Waals surface area contributed by atoms with E-state index in [1.54, 1.807) is 19.2 Å². The number of hydrogen-bond donors (Lipinski definition) is 1. The van der Waals surface area contributed by atoms with Gasteiger partial charge in [0.2, 0.25) is 0 Å². The summed E-state index contributed by atoms with van der Waals surface area (Å²) in [4.78, 5) is 2.18. The van der Waals surface area contributed by atoms with Crippen molar-refractivity contribution in [2.24, 2.45) is 0 Å². The number of rotatable bonds is 7. The fraction of sp³-hybridized carbons (Fsp3) is 0.462. The SMILES string of the molecule is COCCN(C)CCNc1ccc(C#N)c(Cl)c1. The summed E-state index contributed by atoms with van der Waals surface area (Å²) in [5.41, 5.74) is 1.43. The molecular weight excluding hydrogens is 250 g/mol. The van der Waals surface area contributed by atoms with Gasteiger partial charge in [-0.15, -0.1) is 0 Å². The molecule has 1 aromatic carbocycles. The molecule has 0 aliphatic rings. The summed E-state index contributed by atoms with van der Waals surface area (Å²) < 4.78 is 5.01. The number of halogens is 1. The van der Waals surface area contributed by atoms with Gasteiger partial charge in [0.1, 0.15) is 6.07 Å². The summed E-state index contributed by atoms with van der Waals surface area (Å²) in [6.45, 7) is 3.38. The van der Waals surface area contributed by atoms with E-state index in [0.29, 0.717) is 10.6 Å². The van der Waals surface area contributed by atoms with Crippen molar-refractivity contribution in [3.8, 4) is 6.07 Å². The third kappa shape index (κ3) is 4.92. The number of nitrogens with zero attached hydrogens (tertiary/aromatic N) is 2. The smallest absolute Gasteiger partial charge is 0.101 e. The lowest BCUT2D eigenvalue weighted by Gasteiger charge is -2.16. The summed E-state index contributed by atoms with van der Waals surface area (Å²) in [6, 6.07) is 7.39. The van der Waals surface area contributed by atoms with Crippen LogP contribution >= 0.6 is 11.6 Å². The Kier molecular flexibility index (Phi) is 6.51. The summed E-state index contributed by atoms with van der Waals surface area (Å²) >= 11 is 5.95. The first-order valence-electron chi connectivity index (χ1n) is 5.78. The summed E-state index contributed by atoms with van der Waals surface area (Å²) in [5, 5.41) is 12.5. The Morgan fingerprint density at radius 2 is 2.22 bits per heavy atom. The molecule has 0 saturated carbocycles.